The Morgan fingerprint density at radius 3 is 2.65 bits per heavy atom. The van der Waals surface area contributed by atoms with E-state index >= 15 is 0 Å². The SMILES string of the molecule is Cc1cccc(NS(=O)(=O)c2ccc(C)c(C(=O)OCCCC#N)c2)c1. The number of ether oxygens (including phenoxy) is 1. The lowest BCUT2D eigenvalue weighted by molar-refractivity contribution is 0.0500. The Labute approximate surface area is 153 Å². The minimum absolute atomic E-state index is 0.0198. The Morgan fingerprint density at radius 2 is 1.96 bits per heavy atom. The number of unbranched alkanes of at least 4 members (excludes halogenated alkanes) is 1. The molecule has 2 rings (SSSR count). The van der Waals surface area contributed by atoms with Crippen molar-refractivity contribution in [2.24, 2.45) is 0 Å². The van der Waals surface area contributed by atoms with Crippen LogP contribution in [0.25, 0.3) is 0 Å². The number of rotatable bonds is 7. The van der Waals surface area contributed by atoms with E-state index in [-0.39, 0.29) is 17.1 Å². The number of esters is 1. The molecule has 26 heavy (non-hydrogen) atoms. The molecule has 0 aliphatic carbocycles. The molecule has 0 saturated heterocycles. The van der Waals surface area contributed by atoms with Crippen molar-refractivity contribution in [3.05, 3.63) is 59.2 Å². The molecule has 0 saturated carbocycles. The first kappa shape index (κ1) is 19.5. The van der Waals surface area contributed by atoms with Crippen LogP contribution in [-0.2, 0) is 14.8 Å². The highest BCUT2D eigenvalue weighted by atomic mass is 32.2. The van der Waals surface area contributed by atoms with Crippen LogP contribution in [0.1, 0.15) is 34.3 Å². The van der Waals surface area contributed by atoms with Crippen LogP contribution in [0.4, 0.5) is 5.69 Å². The zero-order valence-corrected chi connectivity index (χ0v) is 15.5. The van der Waals surface area contributed by atoms with Crippen LogP contribution in [0.3, 0.4) is 0 Å². The zero-order chi connectivity index (χ0) is 19.2. The van der Waals surface area contributed by atoms with Crippen molar-refractivity contribution in [3.63, 3.8) is 0 Å². The van der Waals surface area contributed by atoms with E-state index in [9.17, 15) is 13.2 Å². The summed E-state index contributed by atoms with van der Waals surface area (Å²) in [5, 5.41) is 8.49. The number of benzene rings is 2. The monoisotopic (exact) mass is 372 g/mol. The first-order valence-corrected chi connectivity index (χ1v) is 9.56. The predicted octanol–water partition coefficient (Wildman–Crippen LogP) is 3.56. The summed E-state index contributed by atoms with van der Waals surface area (Å²) in [6.07, 6.45) is 0.731. The molecule has 0 fully saturated rings. The van der Waals surface area contributed by atoms with E-state index < -0.39 is 16.0 Å². The summed E-state index contributed by atoms with van der Waals surface area (Å²) < 4.78 is 32.8. The minimum atomic E-state index is -3.83. The fourth-order valence-electron chi connectivity index (χ4n) is 2.30. The fraction of sp³-hybridized carbons (Fsp3) is 0.263. The van der Waals surface area contributed by atoms with Gasteiger partial charge in [0.2, 0.25) is 0 Å². The third-order valence-corrected chi connectivity index (χ3v) is 5.05. The molecule has 0 amide bonds. The van der Waals surface area contributed by atoms with Crippen LogP contribution >= 0.6 is 0 Å². The van der Waals surface area contributed by atoms with Gasteiger partial charge in [0, 0.05) is 12.1 Å². The van der Waals surface area contributed by atoms with Crippen molar-refractivity contribution in [2.75, 3.05) is 11.3 Å². The molecule has 0 aliphatic rings. The van der Waals surface area contributed by atoms with Gasteiger partial charge >= 0.3 is 5.97 Å². The van der Waals surface area contributed by atoms with E-state index in [2.05, 4.69) is 4.72 Å². The maximum absolute atomic E-state index is 12.6. The molecule has 0 bridgehead atoms. The maximum Gasteiger partial charge on any atom is 0.338 e. The molecule has 0 aliphatic heterocycles. The van der Waals surface area contributed by atoms with Crippen LogP contribution in [0, 0.1) is 25.2 Å². The zero-order valence-electron chi connectivity index (χ0n) is 14.7. The Hall–Kier alpha value is -2.85. The van der Waals surface area contributed by atoms with Crippen LogP contribution in [0.2, 0.25) is 0 Å². The summed E-state index contributed by atoms with van der Waals surface area (Å²) in [5.41, 5.74) is 2.18. The number of nitriles is 1. The Morgan fingerprint density at radius 1 is 1.19 bits per heavy atom. The largest absolute Gasteiger partial charge is 0.462 e. The second kappa shape index (κ2) is 8.50. The summed E-state index contributed by atoms with van der Waals surface area (Å²) in [5.74, 6) is -0.604. The molecule has 0 atom stereocenters. The van der Waals surface area contributed by atoms with Gasteiger partial charge < -0.3 is 4.74 Å². The van der Waals surface area contributed by atoms with Gasteiger partial charge in [-0.25, -0.2) is 13.2 Å². The lowest BCUT2D eigenvalue weighted by atomic mass is 10.1. The van der Waals surface area contributed by atoms with Gasteiger partial charge in [-0.2, -0.15) is 5.26 Å². The molecular weight excluding hydrogens is 352 g/mol. The van der Waals surface area contributed by atoms with Crippen molar-refractivity contribution < 1.29 is 17.9 Å². The first-order valence-electron chi connectivity index (χ1n) is 8.08. The Balaban J connectivity index is 2.22. The van der Waals surface area contributed by atoms with Crippen LogP contribution in [-0.4, -0.2) is 21.0 Å². The highest BCUT2D eigenvalue weighted by molar-refractivity contribution is 7.92. The third kappa shape index (κ3) is 5.07. The molecule has 0 radical (unpaired) electrons. The minimum Gasteiger partial charge on any atom is -0.462 e. The predicted molar refractivity (Wildman–Crippen MR) is 98.3 cm³/mol. The summed E-state index contributed by atoms with van der Waals surface area (Å²) >= 11 is 0. The lowest BCUT2D eigenvalue weighted by Gasteiger charge is -2.11. The van der Waals surface area contributed by atoms with Gasteiger partial charge in [-0.1, -0.05) is 18.2 Å². The highest BCUT2D eigenvalue weighted by Gasteiger charge is 2.19. The molecule has 6 nitrogen and oxygen atoms in total. The third-order valence-electron chi connectivity index (χ3n) is 3.68. The van der Waals surface area contributed by atoms with Crippen molar-refractivity contribution in [1.29, 1.82) is 5.26 Å². The molecule has 1 N–H and O–H groups in total. The first-order chi connectivity index (χ1) is 12.3. The topological polar surface area (TPSA) is 96.3 Å². The van der Waals surface area contributed by atoms with Gasteiger partial charge in [0.15, 0.2) is 0 Å². The molecule has 0 heterocycles. The molecule has 2 aromatic rings. The Kier molecular flexibility index (Phi) is 6.36. The number of hydrogen-bond acceptors (Lipinski definition) is 5. The van der Waals surface area contributed by atoms with Gasteiger partial charge in [0.05, 0.1) is 23.1 Å². The van der Waals surface area contributed by atoms with E-state index in [1.54, 1.807) is 31.2 Å². The number of carbonyl (C=O) groups is 1. The standard InChI is InChI=1S/C19H20N2O4S/c1-14-6-5-7-16(12-14)21-26(23,24)17-9-8-15(2)18(13-17)19(22)25-11-4-3-10-20/h5-9,12-13,21H,3-4,11H2,1-2H3. The molecule has 2 aromatic carbocycles. The van der Waals surface area contributed by atoms with Crippen LogP contribution < -0.4 is 4.72 Å². The van der Waals surface area contributed by atoms with Gasteiger partial charge in [-0.05, 0) is 55.7 Å². The van der Waals surface area contributed by atoms with E-state index in [0.29, 0.717) is 24.1 Å². The quantitative estimate of drug-likeness (QED) is 0.592. The highest BCUT2D eigenvalue weighted by Crippen LogP contribution is 2.20. The molecule has 7 heteroatoms. The average molecular weight is 372 g/mol. The molecule has 0 spiro atoms. The molecule has 0 aromatic heterocycles. The van der Waals surface area contributed by atoms with Crippen LogP contribution in [0.5, 0.6) is 0 Å². The summed E-state index contributed by atoms with van der Waals surface area (Å²) in [6.45, 7) is 3.69. The van der Waals surface area contributed by atoms with Crippen molar-refractivity contribution in [1.82, 2.24) is 0 Å². The summed E-state index contributed by atoms with van der Waals surface area (Å²) in [7, 11) is -3.83. The van der Waals surface area contributed by atoms with E-state index in [4.69, 9.17) is 10.00 Å². The van der Waals surface area contributed by atoms with Gasteiger partial charge in [-0.3, -0.25) is 4.72 Å². The number of nitrogens with zero attached hydrogens (tertiary/aromatic N) is 1. The molecular formula is C19H20N2O4S. The van der Waals surface area contributed by atoms with E-state index in [1.807, 2.05) is 19.1 Å². The number of anilines is 1. The van der Waals surface area contributed by atoms with Crippen molar-refractivity contribution in [2.45, 2.75) is 31.6 Å². The second-order valence-corrected chi connectivity index (χ2v) is 7.53. The lowest BCUT2D eigenvalue weighted by Crippen LogP contribution is -2.15. The van der Waals surface area contributed by atoms with Crippen molar-refractivity contribution in [3.8, 4) is 6.07 Å². The normalized spacial score (nSPS) is 10.8. The number of sulfonamides is 1. The average Bonchev–Trinajstić information content (AvgIpc) is 2.58. The van der Waals surface area contributed by atoms with E-state index in [1.165, 1.54) is 12.1 Å². The number of hydrogen-bond donors (Lipinski definition) is 1. The summed E-state index contributed by atoms with van der Waals surface area (Å²) in [4.78, 5) is 12.2. The Bertz CT molecular complexity index is 946. The smallest absolute Gasteiger partial charge is 0.338 e. The number of nitrogens with one attached hydrogen (secondary N) is 1. The van der Waals surface area contributed by atoms with Gasteiger partial charge in [0.25, 0.3) is 10.0 Å². The maximum atomic E-state index is 12.6. The van der Waals surface area contributed by atoms with Gasteiger partial charge in [0.1, 0.15) is 0 Å². The number of aryl methyl sites for hydroxylation is 2. The van der Waals surface area contributed by atoms with Gasteiger partial charge in [-0.15, -0.1) is 0 Å². The summed E-state index contributed by atoms with van der Waals surface area (Å²) in [6, 6.07) is 13.3. The van der Waals surface area contributed by atoms with Crippen LogP contribution in [0.15, 0.2) is 47.4 Å². The molecule has 136 valence electrons. The molecule has 0 unspecified atom stereocenters. The van der Waals surface area contributed by atoms with Crippen molar-refractivity contribution >= 4 is 21.7 Å². The second-order valence-electron chi connectivity index (χ2n) is 5.85. The number of carbonyl (C=O) groups excluding carboxylic acids is 1. The van der Waals surface area contributed by atoms with E-state index in [0.717, 1.165) is 5.56 Å². The fourth-order valence-corrected chi connectivity index (χ4v) is 3.38.